The van der Waals surface area contributed by atoms with E-state index in [0.29, 0.717) is 28.6 Å². The van der Waals surface area contributed by atoms with Gasteiger partial charge in [0.25, 0.3) is 0 Å². The standard InChI is InChI=1S/C17H11Cl2F3O5.C11H8ClNO3.C9H15N5O7S2/c1-8(15(23)24)26-16(25)11-7-10(3-4-12(11)18)27-14-5-2-9(6-13(14)19)17(20,21)22;12-8-3-4-9(16-6-10(14)15)11-7(8)2-1-5-13-11;1-14(22(4,16)17)23(18,19)13-9(15)12-8-10-6(20-2)5-7(11-8)21-3/h2-8H,1H3,(H,23,24);1-5H,6H2,(H,14,15);5H,1-4H3,(H2,10,11,12,13,15)/t8-;;/m0../s1. The summed E-state index contributed by atoms with van der Waals surface area (Å²) in [6.07, 6.45) is -3.69. The Morgan fingerprint density at radius 1 is 0.848 bits per heavy atom. The lowest BCUT2D eigenvalue weighted by molar-refractivity contribution is -0.146. The number of alkyl halides is 3. The number of ether oxygens (including phenoxy) is 5. The Hall–Kier alpha value is -6.45. The SMILES string of the molecule is COc1cc(OC)nc(NC(=O)NS(=O)(=O)N(C)S(C)(=O)=O)n1.C[C@H](OC(=O)c1cc(Oc2ccc(C(F)(F)F)cc2Cl)ccc1Cl)C(=O)O.O=C(O)COc1ccc(Cl)c2cccnc12. The van der Waals surface area contributed by atoms with E-state index in [1.807, 2.05) is 5.32 Å². The Morgan fingerprint density at radius 3 is 2.00 bits per heavy atom. The molecule has 3 aromatic carbocycles. The Bertz CT molecular complexity index is 2810. The van der Waals surface area contributed by atoms with Crippen molar-refractivity contribution in [2.45, 2.75) is 19.2 Å². The zero-order chi connectivity index (χ0) is 49.7. The highest BCUT2D eigenvalue weighted by atomic mass is 35.5. The van der Waals surface area contributed by atoms with Gasteiger partial charge in [0.15, 0.2) is 12.7 Å². The number of carboxylic acids is 2. The van der Waals surface area contributed by atoms with Crippen molar-refractivity contribution in [3.63, 3.8) is 0 Å². The minimum atomic E-state index is -4.60. The van der Waals surface area contributed by atoms with Crippen LogP contribution in [0.2, 0.25) is 15.1 Å². The number of carbonyl (C=O) groups excluding carboxylic acids is 2. The van der Waals surface area contributed by atoms with Gasteiger partial charge in [-0.25, -0.2) is 32.3 Å². The van der Waals surface area contributed by atoms with E-state index in [0.717, 1.165) is 37.6 Å². The largest absolute Gasteiger partial charge is 0.481 e. The second kappa shape index (κ2) is 23.1. The first kappa shape index (κ1) is 53.9. The summed E-state index contributed by atoms with van der Waals surface area (Å²) in [6, 6.07) is 13.2. The summed E-state index contributed by atoms with van der Waals surface area (Å²) in [5.74, 6) is -3.19. The molecule has 0 radical (unpaired) electrons. The number of urea groups is 1. The van der Waals surface area contributed by atoms with E-state index in [4.69, 9.17) is 68.7 Å². The van der Waals surface area contributed by atoms with Crippen LogP contribution in [0, 0.1) is 0 Å². The molecule has 21 nitrogen and oxygen atoms in total. The summed E-state index contributed by atoms with van der Waals surface area (Å²) in [7, 11) is -5.27. The van der Waals surface area contributed by atoms with Crippen molar-refractivity contribution in [1.29, 1.82) is 0 Å². The average Bonchev–Trinajstić information content (AvgIpc) is 3.23. The maximum Gasteiger partial charge on any atom is 0.416 e. The van der Waals surface area contributed by atoms with E-state index in [1.165, 1.54) is 37.1 Å². The number of benzene rings is 3. The number of pyridine rings is 1. The molecule has 0 saturated heterocycles. The van der Waals surface area contributed by atoms with Gasteiger partial charge in [0.2, 0.25) is 27.7 Å². The predicted molar refractivity (Wildman–Crippen MR) is 229 cm³/mol. The molecule has 5 aromatic rings. The lowest BCUT2D eigenvalue weighted by Crippen LogP contribution is -2.45. The van der Waals surface area contributed by atoms with Gasteiger partial charge in [-0.2, -0.15) is 31.6 Å². The number of rotatable bonds is 14. The van der Waals surface area contributed by atoms with E-state index < -0.39 is 68.6 Å². The lowest BCUT2D eigenvalue weighted by Gasteiger charge is -2.15. The van der Waals surface area contributed by atoms with Crippen molar-refractivity contribution in [3.8, 4) is 29.0 Å². The number of halogens is 6. The second-order valence-corrected chi connectivity index (χ2v) is 17.5. The van der Waals surface area contributed by atoms with Crippen LogP contribution >= 0.6 is 34.8 Å². The number of carboxylic acid groups (broad SMARTS) is 2. The number of methoxy groups -OCH3 is 2. The molecule has 5 rings (SSSR count). The van der Waals surface area contributed by atoms with Gasteiger partial charge in [0.05, 0.1) is 52.7 Å². The lowest BCUT2D eigenvalue weighted by atomic mass is 10.2. The molecule has 0 fully saturated rings. The van der Waals surface area contributed by atoms with E-state index >= 15 is 0 Å². The van der Waals surface area contributed by atoms with E-state index in [-0.39, 0.29) is 48.5 Å². The average molecular weight is 1030 g/mol. The maximum atomic E-state index is 12.7. The van der Waals surface area contributed by atoms with Crippen LogP contribution in [0.3, 0.4) is 0 Å². The summed E-state index contributed by atoms with van der Waals surface area (Å²) >= 11 is 17.7. The summed E-state index contributed by atoms with van der Waals surface area (Å²) in [6.45, 7) is 0.768. The number of aromatic nitrogens is 3. The Kier molecular flexibility index (Phi) is 18.9. The minimum absolute atomic E-state index is 0.00654. The summed E-state index contributed by atoms with van der Waals surface area (Å²) < 4.78 is 110. The monoisotopic (exact) mass is 1030 g/mol. The number of aliphatic carboxylic acids is 2. The first-order chi connectivity index (χ1) is 30.7. The molecular formula is C37H34Cl3F3N6O15S2. The van der Waals surface area contributed by atoms with Crippen LogP contribution in [-0.4, -0.2) is 110 Å². The first-order valence-electron chi connectivity index (χ1n) is 17.6. The van der Waals surface area contributed by atoms with Crippen molar-refractivity contribution in [2.75, 3.05) is 39.4 Å². The van der Waals surface area contributed by atoms with Crippen molar-refractivity contribution in [3.05, 3.63) is 99.1 Å². The molecule has 2 aromatic heterocycles. The fourth-order valence-corrected chi connectivity index (χ4v) is 6.99. The Morgan fingerprint density at radius 2 is 1.45 bits per heavy atom. The van der Waals surface area contributed by atoms with Gasteiger partial charge in [-0.1, -0.05) is 38.5 Å². The molecule has 1 atom stereocenters. The molecule has 2 heterocycles. The van der Waals surface area contributed by atoms with Crippen molar-refractivity contribution < 1.29 is 83.1 Å². The number of esters is 1. The molecule has 0 unspecified atom stereocenters. The molecule has 0 saturated carbocycles. The molecule has 0 spiro atoms. The molecule has 4 N–H and O–H groups in total. The number of hydrogen-bond acceptors (Lipinski definition) is 16. The first-order valence-corrected chi connectivity index (χ1v) is 22.0. The minimum Gasteiger partial charge on any atom is -0.481 e. The molecule has 0 aliphatic rings. The number of sulfonamides is 1. The Balaban J connectivity index is 0.000000271. The molecule has 0 aliphatic heterocycles. The van der Waals surface area contributed by atoms with Gasteiger partial charge in [0.1, 0.15) is 22.8 Å². The van der Waals surface area contributed by atoms with Crippen molar-refractivity contribution >= 4 is 95.8 Å². The fourth-order valence-electron chi connectivity index (χ4n) is 4.41. The highest BCUT2D eigenvalue weighted by molar-refractivity contribution is 8.03. The van der Waals surface area contributed by atoms with E-state index in [2.05, 4.69) is 15.0 Å². The Labute approximate surface area is 387 Å². The molecule has 0 bridgehead atoms. The number of nitrogens with one attached hydrogen (secondary N) is 2. The fraction of sp³-hybridized carbons (Fsp3) is 0.216. The number of fused-ring (bicyclic) bond motifs is 1. The van der Waals surface area contributed by atoms with Gasteiger partial charge in [0, 0.05) is 18.6 Å². The van der Waals surface area contributed by atoms with Crippen LogP contribution < -0.4 is 29.0 Å². The predicted octanol–water partition coefficient (Wildman–Crippen LogP) is 6.54. The molecule has 66 heavy (non-hydrogen) atoms. The molecule has 29 heteroatoms. The van der Waals surface area contributed by atoms with Crippen LogP contribution in [0.15, 0.2) is 72.9 Å². The van der Waals surface area contributed by atoms with Crippen LogP contribution in [0.5, 0.6) is 29.0 Å². The molecular weight excluding hydrogens is 996 g/mol. The number of nitrogens with zero attached hydrogens (tertiary/aromatic N) is 4. The smallest absolute Gasteiger partial charge is 0.416 e. The number of amides is 2. The third-order valence-electron chi connectivity index (χ3n) is 7.66. The van der Waals surface area contributed by atoms with Gasteiger partial charge in [-0.3, -0.25) is 10.3 Å². The van der Waals surface area contributed by atoms with Crippen LogP contribution in [0.4, 0.5) is 23.9 Å². The zero-order valence-electron chi connectivity index (χ0n) is 34.3. The third kappa shape index (κ3) is 15.9. The highest BCUT2D eigenvalue weighted by Gasteiger charge is 2.31. The van der Waals surface area contributed by atoms with E-state index in [1.54, 1.807) is 30.5 Å². The summed E-state index contributed by atoms with van der Waals surface area (Å²) in [5, 5.41) is 20.3. The quantitative estimate of drug-likeness (QED) is 0.0859. The van der Waals surface area contributed by atoms with Crippen LogP contribution in [-0.2, 0) is 40.7 Å². The third-order valence-corrected chi connectivity index (χ3v) is 12.1. The van der Waals surface area contributed by atoms with Gasteiger partial charge >= 0.3 is 40.3 Å². The van der Waals surface area contributed by atoms with Crippen LogP contribution in [0.25, 0.3) is 10.9 Å². The molecule has 356 valence electrons. The highest BCUT2D eigenvalue weighted by Crippen LogP contribution is 2.37. The molecule has 0 aliphatic carbocycles. The molecule has 2 amide bonds. The van der Waals surface area contributed by atoms with Gasteiger partial charge in [-0.15, -0.1) is 0 Å². The summed E-state index contributed by atoms with van der Waals surface area (Å²) in [4.78, 5) is 56.5. The number of anilines is 1. The van der Waals surface area contributed by atoms with Crippen molar-refractivity contribution in [1.82, 2.24) is 23.4 Å². The maximum absolute atomic E-state index is 12.7. The zero-order valence-corrected chi connectivity index (χ0v) is 38.2. The van der Waals surface area contributed by atoms with E-state index in [9.17, 15) is 49.2 Å². The van der Waals surface area contributed by atoms with Crippen molar-refractivity contribution in [2.24, 2.45) is 0 Å². The number of hydrogen-bond donors (Lipinski definition) is 4. The normalized spacial score (nSPS) is 11.7. The topological polar surface area (TPSA) is 289 Å². The number of carbonyl (C=O) groups is 4. The second-order valence-electron chi connectivity index (χ2n) is 12.4. The van der Waals surface area contributed by atoms with Gasteiger partial charge < -0.3 is 33.9 Å². The van der Waals surface area contributed by atoms with Crippen LogP contribution in [0.1, 0.15) is 22.8 Å². The summed E-state index contributed by atoms with van der Waals surface area (Å²) in [5.41, 5.74) is -0.551. The van der Waals surface area contributed by atoms with Gasteiger partial charge in [-0.05, 0) is 67.6 Å².